The average Bonchev–Trinajstić information content (AvgIpc) is 1.56. The fourth-order valence-electron chi connectivity index (χ4n) is 22.5. The quantitative estimate of drug-likeness (QED) is 0.0253. The van der Waals surface area contributed by atoms with Gasteiger partial charge in [0.1, 0.15) is 65.4 Å². The molecule has 15 atom stereocenters. The van der Waals surface area contributed by atoms with Gasteiger partial charge in [0.15, 0.2) is 0 Å². The summed E-state index contributed by atoms with van der Waals surface area (Å²) < 4.78 is 17.9. The maximum absolute atomic E-state index is 14.6. The number of hydrogen-bond donors (Lipinski definition) is 11. The molecule has 2 unspecified atom stereocenters. The molecule has 3 saturated heterocycles. The lowest BCUT2D eigenvalue weighted by Crippen LogP contribution is -2.62. The Morgan fingerprint density at radius 1 is 0.596 bits per heavy atom. The predicted molar refractivity (Wildman–Crippen MR) is 539 cm³/mol. The molecule has 146 heavy (non-hydrogen) atoms. The normalized spacial score (nSPS) is 23.7. The van der Waals surface area contributed by atoms with Gasteiger partial charge in [-0.15, -0.1) is 0 Å². The maximum Gasteiger partial charge on any atom is 0.408 e. The van der Waals surface area contributed by atoms with Gasteiger partial charge >= 0.3 is 6.09 Å². The zero-order valence-electron chi connectivity index (χ0n) is 87.3. The fourth-order valence-corrected chi connectivity index (χ4v) is 22.5. The number of ketones is 3. The summed E-state index contributed by atoms with van der Waals surface area (Å²) in [5.41, 5.74) is 5.62. The molecule has 0 spiro atoms. The first-order chi connectivity index (χ1) is 69.5. The number of carbonyl (C=O) groups is 18. The van der Waals surface area contributed by atoms with E-state index in [0.29, 0.717) is 50.8 Å². The van der Waals surface area contributed by atoms with Gasteiger partial charge in [-0.2, -0.15) is 0 Å². The molecule has 3 aromatic rings. The molecule has 9 fully saturated rings. The van der Waals surface area contributed by atoms with Crippen molar-refractivity contribution in [3.63, 3.8) is 0 Å². The lowest BCUT2D eigenvalue weighted by atomic mass is 9.82. The number of amides is 15. The monoisotopic (exact) mass is 2030 g/mol. The van der Waals surface area contributed by atoms with Crippen molar-refractivity contribution in [3.8, 4) is 5.75 Å². The third-order valence-electron chi connectivity index (χ3n) is 30.4. The summed E-state index contributed by atoms with van der Waals surface area (Å²) in [4.78, 5) is 256. The second-order valence-electron chi connectivity index (χ2n) is 44.8. The fraction of sp³-hybridized carbons (Fsp3) is 0.685. The number of likely N-dealkylation sites (tertiary alicyclic amines) is 2. The van der Waals surface area contributed by atoms with Gasteiger partial charge < -0.3 is 92.7 Å². The Hall–Kier alpha value is -11.9. The van der Waals surface area contributed by atoms with Gasteiger partial charge in [-0.05, 0) is 207 Å². The predicted octanol–water partition coefficient (Wildman–Crippen LogP) is 7.90. The van der Waals surface area contributed by atoms with Gasteiger partial charge in [-0.3, -0.25) is 86.5 Å². The van der Waals surface area contributed by atoms with Crippen LogP contribution in [0.3, 0.4) is 0 Å². The van der Waals surface area contributed by atoms with E-state index in [2.05, 4.69) is 63.1 Å². The van der Waals surface area contributed by atoms with Crippen LogP contribution in [-0.2, 0) is 99.2 Å². The van der Waals surface area contributed by atoms with Crippen LogP contribution in [0.25, 0.3) is 0 Å². The Balaban J connectivity index is 0.000000197. The van der Waals surface area contributed by atoms with Crippen LogP contribution in [0.4, 0.5) is 4.79 Å². The van der Waals surface area contributed by atoms with Crippen molar-refractivity contribution < 1.29 is 101 Å². The average molecular weight is 2030 g/mol. The van der Waals surface area contributed by atoms with E-state index in [1.54, 1.807) is 75.0 Å². The van der Waals surface area contributed by atoms with Gasteiger partial charge in [0.2, 0.25) is 76.4 Å². The van der Waals surface area contributed by atoms with Crippen molar-refractivity contribution in [2.45, 2.75) is 384 Å². The van der Waals surface area contributed by atoms with Crippen LogP contribution >= 0.6 is 0 Å². The van der Waals surface area contributed by atoms with E-state index in [4.69, 9.17) is 19.9 Å². The lowest BCUT2D eigenvalue weighted by molar-refractivity contribution is -0.147. The third-order valence-corrected chi connectivity index (χ3v) is 30.4. The van der Waals surface area contributed by atoms with Gasteiger partial charge in [-0.1, -0.05) is 174 Å². The molecular formula is C108H157N17O21. The van der Waals surface area contributed by atoms with E-state index < -0.39 is 178 Å². The number of carbonyl (C=O) groups excluding carboxylic acids is 18. The van der Waals surface area contributed by atoms with Crippen LogP contribution in [0, 0.1) is 46.8 Å². The van der Waals surface area contributed by atoms with Gasteiger partial charge in [0, 0.05) is 70.9 Å². The van der Waals surface area contributed by atoms with Crippen molar-refractivity contribution in [2.24, 2.45) is 52.6 Å². The molecule has 1 aromatic heterocycles. The molecule has 2 aromatic carbocycles. The number of likely N-dealkylation sites (N-methyl/N-ethyl adjacent to an activating group) is 1. The van der Waals surface area contributed by atoms with E-state index in [9.17, 15) is 86.3 Å². The second kappa shape index (κ2) is 51.7. The van der Waals surface area contributed by atoms with Crippen molar-refractivity contribution >= 4 is 106 Å². The number of aromatic nitrogens is 2. The van der Waals surface area contributed by atoms with Crippen LogP contribution in [0.1, 0.15) is 314 Å². The summed E-state index contributed by atoms with van der Waals surface area (Å²) in [5.74, 6) is -9.83. The number of ether oxygens (including phenoxy) is 3. The Labute approximate surface area is 857 Å². The first-order valence-electron chi connectivity index (χ1n) is 53.5. The molecule has 12 N–H and O–H groups in total. The molecule has 0 radical (unpaired) electrons. The van der Waals surface area contributed by atoms with E-state index in [1.807, 2.05) is 66.7 Å². The highest BCUT2D eigenvalue weighted by Gasteiger charge is 2.58. The minimum absolute atomic E-state index is 0.0110. The molecule has 3 bridgehead atoms. The minimum Gasteiger partial charge on any atom is -0.494 e. The number of hydrogen-bond acceptors (Lipinski definition) is 23. The number of rotatable bonds is 34. The zero-order chi connectivity index (χ0) is 106. The summed E-state index contributed by atoms with van der Waals surface area (Å²) in [6, 6.07) is 3.87. The Morgan fingerprint density at radius 2 is 1.19 bits per heavy atom. The third kappa shape index (κ3) is 30.9. The summed E-state index contributed by atoms with van der Waals surface area (Å²) in [6.07, 6.45) is 29.0. The minimum atomic E-state index is -1.20. The summed E-state index contributed by atoms with van der Waals surface area (Å²) in [6.45, 7) is 19.1. The number of nitrogens with zero attached hydrogens (tertiary/aromatic N) is 6. The van der Waals surface area contributed by atoms with E-state index in [-0.39, 0.29) is 109 Å². The summed E-state index contributed by atoms with van der Waals surface area (Å²) in [7, 11) is 3.13. The molecule has 15 amide bonds. The van der Waals surface area contributed by atoms with Crippen LogP contribution < -0.4 is 63.6 Å². The number of Topliss-reactive ketones (excluding diaryl/α,β-unsaturated/α-hetero) is 3. The zero-order valence-corrected chi connectivity index (χ0v) is 87.3. The molecule has 5 aliphatic heterocycles. The van der Waals surface area contributed by atoms with Crippen LogP contribution in [-0.4, -0.2) is 260 Å². The number of nitrogens with one attached hydrogen (secondary N) is 10. The first-order valence-corrected chi connectivity index (χ1v) is 53.5. The molecular weight excluding hydrogens is 1870 g/mol. The summed E-state index contributed by atoms with van der Waals surface area (Å²) in [5, 5.41) is 27.9. The standard InChI is InChI=1S/C41H60N6O9.C36H53N7O6.C31H44N4O6/c1-40(2,3)56-39(54)45-32(26-16-12-9-13-17-26)38(53)47-23-29-27(21-41(4,5)55-29)33(47)35(50)43-28(20-24-18-19-24)34(49)36(51)42-22-30(48)44-31(37(52)46(6)7)25-14-10-8-11-15-25;1-5-10-25(29(44)34(48)39-23-15-16-23)40-33(47)28-24-14-9-13-22(24)20-43(28)35(49)30(36(2,3)4)42-32(46)27(21-11-7-6-8-12-21)41-31(45)26-19-37-17-18-38-26;1-2-10-24(28(37)29(32)38)33-30(39)25-18-21-14-15-23-17-22(21)19-35(25)31(40)27(20-11-6-5-7-12-20)34-26(36)13-8-3-4-9-16-41-23/h8,10-11,14-15,24,26-29,31-33H,9,12-13,16-23H2,1-7H3,(H,42,51)(H,43,50)(H,44,48)(H,45,54);17-19,21-25,27-28,30H,5-16,20H2,1-4H3,(H,39,48)(H,40,47)(H,41,45)(H,42,46);14-15,17,20,24-25,27H,2-13,16,18-19H2,1H3,(H2,32,38)(H,33,39)(H,34,36)/t27-,28?,29-,31-,32-,33-;22-,24-,25-,27-,28-,30+;24?,25-,27-/m000/s1. The van der Waals surface area contributed by atoms with Crippen molar-refractivity contribution in [1.29, 1.82) is 0 Å². The van der Waals surface area contributed by atoms with Crippen molar-refractivity contribution in [2.75, 3.05) is 40.3 Å². The van der Waals surface area contributed by atoms with Gasteiger partial charge in [-0.25, -0.2) is 9.78 Å². The highest BCUT2D eigenvalue weighted by molar-refractivity contribution is 6.39. The Morgan fingerprint density at radius 3 is 1.80 bits per heavy atom. The molecule has 11 aliphatic rings. The molecule has 800 valence electrons. The maximum atomic E-state index is 14.6. The molecule has 14 rings (SSSR count). The van der Waals surface area contributed by atoms with Crippen LogP contribution in [0.15, 0.2) is 67.1 Å². The highest BCUT2D eigenvalue weighted by Crippen LogP contribution is 2.47. The van der Waals surface area contributed by atoms with E-state index in [1.165, 1.54) is 28.4 Å². The number of nitrogens with two attached hydrogens (primary N) is 1. The van der Waals surface area contributed by atoms with Crippen molar-refractivity contribution in [3.05, 3.63) is 89.5 Å². The van der Waals surface area contributed by atoms with Crippen LogP contribution in [0.2, 0.25) is 0 Å². The number of primary amides is 1. The topological polar surface area (TPSA) is 520 Å². The smallest absolute Gasteiger partial charge is 0.408 e. The van der Waals surface area contributed by atoms with Crippen LogP contribution in [0.5, 0.6) is 5.75 Å². The molecule has 38 heteroatoms. The second-order valence-corrected chi connectivity index (χ2v) is 44.8. The molecule has 38 nitrogen and oxygen atoms in total. The number of alkyl carbamates (subject to hydrolysis) is 1. The Kier molecular flexibility index (Phi) is 39.9. The van der Waals surface area contributed by atoms with E-state index >= 15 is 0 Å². The first kappa shape index (κ1) is 113. The van der Waals surface area contributed by atoms with Gasteiger partial charge in [0.25, 0.3) is 23.6 Å². The molecule has 6 saturated carbocycles. The highest BCUT2D eigenvalue weighted by atomic mass is 16.6. The molecule has 6 aliphatic carbocycles. The summed E-state index contributed by atoms with van der Waals surface area (Å²) >= 11 is 0. The molecule has 6 heterocycles. The Bertz CT molecular complexity index is 5140. The number of benzene rings is 2. The van der Waals surface area contributed by atoms with Gasteiger partial charge in [0.05, 0.1) is 49.2 Å². The lowest BCUT2D eigenvalue weighted by Gasteiger charge is -2.40. The largest absolute Gasteiger partial charge is 0.494 e. The number of fused-ring (bicyclic) bond motifs is 4. The van der Waals surface area contributed by atoms with E-state index in [0.717, 1.165) is 184 Å². The SMILES string of the molecule is CCCC(NC(=O)[C@@H]1Cc2ccc3cc2CN1C(=O)[C@H](C1CCCCC1)NC(=O)CCCCCCO3)C(=O)C(N)=O.CCC[C@H](NC(=O)[C@@H]1[C@H]2CCC[C@H]2CN1C(=O)[C@@H](NC(=O)[C@@H](NC(=O)c1cnccn1)C1CCCCC1)C(C)(C)C)C(=O)C(=O)NC1CC1.CN(C)C(=O)[C@@H](NC(=O)CNC(=O)C(=O)C(CC1CC1)NC(=O)[C@@H]1[C@H]2CC(C)(C)O[C@H]2CN1C(=O)[C@@H](NC(=O)OC(C)(C)C)C1CCCCC1)c1ccccc1. The van der Waals surface area contributed by atoms with Crippen molar-refractivity contribution in [1.82, 2.24) is 82.7 Å².